The standard InChI is InChI=1S/C12H7Cl2N.C5H10O2.C2H6/c13-7-1-3-11-9(5-7)10-6-8(14)2-4-12(10)15-11;6-5-1-3-7-4-2-5;1-2/h1-6,15H;5-6H,1-4H2;1-2H3. The number of aliphatic hydroxyl groups is 1. The molecular weight excluding hydrogens is 345 g/mol. The zero-order valence-corrected chi connectivity index (χ0v) is 15.5. The van der Waals surface area contributed by atoms with Crippen molar-refractivity contribution >= 4 is 45.0 Å². The lowest BCUT2D eigenvalue weighted by Crippen LogP contribution is -2.19. The lowest BCUT2D eigenvalue weighted by Gasteiger charge is -2.15. The van der Waals surface area contributed by atoms with Crippen LogP contribution in [-0.2, 0) is 4.74 Å². The van der Waals surface area contributed by atoms with Crippen molar-refractivity contribution in [3.63, 3.8) is 0 Å². The number of fused-ring (bicyclic) bond motifs is 3. The molecule has 1 aliphatic rings. The number of rotatable bonds is 0. The van der Waals surface area contributed by atoms with E-state index in [2.05, 4.69) is 4.98 Å². The Labute approximate surface area is 152 Å². The second kappa shape index (κ2) is 9.28. The normalized spacial score (nSPS) is 14.7. The third kappa shape index (κ3) is 4.87. The van der Waals surface area contributed by atoms with Crippen LogP contribution in [0.25, 0.3) is 21.8 Å². The zero-order chi connectivity index (χ0) is 17.5. The molecule has 130 valence electrons. The summed E-state index contributed by atoms with van der Waals surface area (Å²) in [7, 11) is 0. The van der Waals surface area contributed by atoms with Crippen molar-refractivity contribution in [2.24, 2.45) is 0 Å². The molecule has 0 atom stereocenters. The maximum absolute atomic E-state index is 8.83. The number of hydrogen-bond acceptors (Lipinski definition) is 2. The predicted molar refractivity (Wildman–Crippen MR) is 103 cm³/mol. The average Bonchev–Trinajstić information content (AvgIpc) is 2.95. The fourth-order valence-electron chi connectivity index (χ4n) is 2.53. The summed E-state index contributed by atoms with van der Waals surface area (Å²) in [5, 5.41) is 12.5. The molecule has 0 amide bonds. The molecule has 1 saturated heterocycles. The fraction of sp³-hybridized carbons (Fsp3) is 0.368. The van der Waals surface area contributed by atoms with Crippen LogP contribution in [0.15, 0.2) is 36.4 Å². The minimum absolute atomic E-state index is 0.0891. The van der Waals surface area contributed by atoms with E-state index in [9.17, 15) is 0 Å². The van der Waals surface area contributed by atoms with E-state index in [0.29, 0.717) is 0 Å². The van der Waals surface area contributed by atoms with Crippen LogP contribution in [-0.4, -0.2) is 29.4 Å². The first kappa shape index (κ1) is 19.1. The first-order valence-corrected chi connectivity index (χ1v) is 9.01. The molecule has 1 aliphatic heterocycles. The van der Waals surface area contributed by atoms with E-state index in [4.69, 9.17) is 33.0 Å². The van der Waals surface area contributed by atoms with Gasteiger partial charge in [0.05, 0.1) is 6.10 Å². The predicted octanol–water partition coefficient (Wildman–Crippen LogP) is 5.81. The summed E-state index contributed by atoms with van der Waals surface area (Å²) in [5.74, 6) is 0. The van der Waals surface area contributed by atoms with Gasteiger partial charge in [-0.1, -0.05) is 37.0 Å². The molecule has 0 bridgehead atoms. The number of ether oxygens (including phenoxy) is 1. The highest BCUT2D eigenvalue weighted by atomic mass is 35.5. The molecule has 1 fully saturated rings. The quantitative estimate of drug-likeness (QED) is 0.526. The van der Waals surface area contributed by atoms with E-state index in [1.165, 1.54) is 0 Å². The Hall–Kier alpha value is -1.26. The molecule has 0 spiro atoms. The van der Waals surface area contributed by atoms with E-state index in [0.717, 1.165) is 57.9 Å². The Balaban J connectivity index is 0.000000196. The first-order chi connectivity index (χ1) is 11.6. The van der Waals surface area contributed by atoms with Gasteiger partial charge in [-0.15, -0.1) is 0 Å². The van der Waals surface area contributed by atoms with Crippen molar-refractivity contribution in [2.75, 3.05) is 13.2 Å². The third-order valence-electron chi connectivity index (χ3n) is 3.71. The van der Waals surface area contributed by atoms with Crippen molar-refractivity contribution in [2.45, 2.75) is 32.8 Å². The SMILES string of the molecule is CC.Clc1ccc2[nH]c3ccc(Cl)cc3c2c1.OC1CCOCC1. The maximum atomic E-state index is 8.83. The highest BCUT2D eigenvalue weighted by Gasteiger charge is 2.08. The van der Waals surface area contributed by atoms with Gasteiger partial charge in [0.1, 0.15) is 0 Å². The van der Waals surface area contributed by atoms with Crippen LogP contribution < -0.4 is 0 Å². The molecule has 1 aromatic heterocycles. The van der Waals surface area contributed by atoms with Crippen LogP contribution in [0.4, 0.5) is 0 Å². The molecule has 0 unspecified atom stereocenters. The van der Waals surface area contributed by atoms with Gasteiger partial charge < -0.3 is 14.8 Å². The van der Waals surface area contributed by atoms with Crippen LogP contribution >= 0.6 is 23.2 Å². The molecule has 3 aromatic rings. The summed E-state index contributed by atoms with van der Waals surface area (Å²) in [5.41, 5.74) is 2.16. The van der Waals surface area contributed by atoms with Crippen molar-refractivity contribution in [3.05, 3.63) is 46.4 Å². The van der Waals surface area contributed by atoms with Gasteiger partial charge in [0.25, 0.3) is 0 Å². The van der Waals surface area contributed by atoms with Gasteiger partial charge in [0.15, 0.2) is 0 Å². The number of aromatic nitrogens is 1. The topological polar surface area (TPSA) is 45.2 Å². The summed E-state index contributed by atoms with van der Waals surface area (Å²) in [6, 6.07) is 11.6. The third-order valence-corrected chi connectivity index (χ3v) is 4.18. The molecule has 0 saturated carbocycles. The molecule has 2 aromatic carbocycles. The molecule has 2 heterocycles. The largest absolute Gasteiger partial charge is 0.393 e. The minimum Gasteiger partial charge on any atom is -0.393 e. The van der Waals surface area contributed by atoms with Gasteiger partial charge >= 0.3 is 0 Å². The van der Waals surface area contributed by atoms with Gasteiger partial charge in [-0.3, -0.25) is 0 Å². The van der Waals surface area contributed by atoms with Crippen molar-refractivity contribution in [3.8, 4) is 0 Å². The lowest BCUT2D eigenvalue weighted by molar-refractivity contribution is 0.0140. The summed E-state index contributed by atoms with van der Waals surface area (Å²) in [4.78, 5) is 3.32. The summed E-state index contributed by atoms with van der Waals surface area (Å²) < 4.78 is 4.98. The summed E-state index contributed by atoms with van der Waals surface area (Å²) in [6.45, 7) is 5.47. The highest BCUT2D eigenvalue weighted by molar-refractivity contribution is 6.33. The molecule has 5 heteroatoms. The number of benzene rings is 2. The van der Waals surface area contributed by atoms with Gasteiger partial charge in [0, 0.05) is 45.1 Å². The van der Waals surface area contributed by atoms with Crippen LogP contribution in [0, 0.1) is 0 Å². The maximum Gasteiger partial charge on any atom is 0.0584 e. The van der Waals surface area contributed by atoms with Gasteiger partial charge in [-0.25, -0.2) is 0 Å². The second-order valence-corrected chi connectivity index (χ2v) is 6.22. The van der Waals surface area contributed by atoms with E-state index in [1.807, 2.05) is 50.2 Å². The highest BCUT2D eigenvalue weighted by Crippen LogP contribution is 2.29. The zero-order valence-electron chi connectivity index (χ0n) is 14.0. The molecule has 0 aliphatic carbocycles. The average molecular weight is 368 g/mol. The monoisotopic (exact) mass is 367 g/mol. The Kier molecular flexibility index (Phi) is 7.38. The first-order valence-electron chi connectivity index (χ1n) is 8.26. The van der Waals surface area contributed by atoms with Gasteiger partial charge in [0.2, 0.25) is 0 Å². The number of H-pyrrole nitrogens is 1. The number of aromatic amines is 1. The Bertz CT molecular complexity index is 723. The molecule has 2 N–H and O–H groups in total. The van der Waals surface area contributed by atoms with Crippen LogP contribution in [0.3, 0.4) is 0 Å². The van der Waals surface area contributed by atoms with E-state index in [1.54, 1.807) is 0 Å². The van der Waals surface area contributed by atoms with Gasteiger partial charge in [-0.2, -0.15) is 0 Å². The van der Waals surface area contributed by atoms with Gasteiger partial charge in [-0.05, 0) is 49.2 Å². The minimum atomic E-state index is -0.0891. The molecular formula is C19H23Cl2NO2. The molecule has 0 radical (unpaired) electrons. The lowest BCUT2D eigenvalue weighted by atomic mass is 10.1. The van der Waals surface area contributed by atoms with Crippen molar-refractivity contribution < 1.29 is 9.84 Å². The van der Waals surface area contributed by atoms with Crippen molar-refractivity contribution in [1.29, 1.82) is 0 Å². The molecule has 24 heavy (non-hydrogen) atoms. The van der Waals surface area contributed by atoms with E-state index < -0.39 is 0 Å². The van der Waals surface area contributed by atoms with Crippen LogP contribution in [0.2, 0.25) is 10.0 Å². The Morgan fingerprint density at radius 3 is 1.75 bits per heavy atom. The van der Waals surface area contributed by atoms with E-state index >= 15 is 0 Å². The summed E-state index contributed by atoms with van der Waals surface area (Å²) >= 11 is 11.9. The summed E-state index contributed by atoms with van der Waals surface area (Å²) in [6.07, 6.45) is 1.55. The Morgan fingerprint density at radius 2 is 1.38 bits per heavy atom. The van der Waals surface area contributed by atoms with E-state index in [-0.39, 0.29) is 6.10 Å². The van der Waals surface area contributed by atoms with Crippen LogP contribution in [0.5, 0.6) is 0 Å². The number of halogens is 2. The smallest absolute Gasteiger partial charge is 0.0584 e. The molecule has 4 rings (SSSR count). The number of nitrogens with one attached hydrogen (secondary N) is 1. The Morgan fingerprint density at radius 1 is 0.917 bits per heavy atom. The number of aliphatic hydroxyl groups excluding tert-OH is 1. The van der Waals surface area contributed by atoms with Crippen LogP contribution in [0.1, 0.15) is 26.7 Å². The second-order valence-electron chi connectivity index (χ2n) is 5.35. The molecule has 3 nitrogen and oxygen atoms in total. The van der Waals surface area contributed by atoms with Crippen molar-refractivity contribution in [1.82, 2.24) is 4.98 Å². The number of hydrogen-bond donors (Lipinski definition) is 2. The fourth-order valence-corrected chi connectivity index (χ4v) is 2.87.